The Hall–Kier alpha value is -1.85. The van der Waals surface area contributed by atoms with Crippen LogP contribution in [-0.2, 0) is 15.8 Å². The highest BCUT2D eigenvalue weighted by Gasteiger charge is 2.27. The normalized spacial score (nSPS) is 16.5. The molecule has 0 atom stereocenters. The molecule has 23 heavy (non-hydrogen) atoms. The van der Waals surface area contributed by atoms with E-state index in [1.807, 2.05) is 49.4 Å². The Bertz CT molecular complexity index is 752. The summed E-state index contributed by atoms with van der Waals surface area (Å²) < 4.78 is 26.9. The Balaban J connectivity index is 1.64. The lowest BCUT2D eigenvalue weighted by Gasteiger charge is -2.35. The third kappa shape index (κ3) is 3.92. The molecule has 0 aromatic heterocycles. The van der Waals surface area contributed by atoms with Crippen LogP contribution in [-0.4, -0.2) is 38.9 Å². The summed E-state index contributed by atoms with van der Waals surface area (Å²) in [5, 5.41) is 0. The van der Waals surface area contributed by atoms with Crippen LogP contribution < -0.4 is 4.90 Å². The van der Waals surface area contributed by atoms with Gasteiger partial charge in [-0.1, -0.05) is 48.0 Å². The van der Waals surface area contributed by atoms with Crippen molar-refractivity contribution in [1.29, 1.82) is 0 Å². The smallest absolute Gasteiger partial charge is 0.218 e. The highest BCUT2D eigenvalue weighted by molar-refractivity contribution is 7.88. The monoisotopic (exact) mass is 330 g/mol. The summed E-state index contributed by atoms with van der Waals surface area (Å²) in [5.74, 6) is 0.0834. The summed E-state index contributed by atoms with van der Waals surface area (Å²) in [7, 11) is -3.25. The summed E-state index contributed by atoms with van der Waals surface area (Å²) >= 11 is 0. The number of piperazine rings is 1. The zero-order chi connectivity index (χ0) is 16.3. The third-order valence-corrected chi connectivity index (χ3v) is 6.03. The van der Waals surface area contributed by atoms with Crippen LogP contribution in [0, 0.1) is 6.92 Å². The van der Waals surface area contributed by atoms with Crippen molar-refractivity contribution in [3.05, 3.63) is 65.7 Å². The number of hydrogen-bond acceptors (Lipinski definition) is 3. The Labute approximate surface area is 138 Å². The number of rotatable bonds is 4. The number of anilines is 1. The van der Waals surface area contributed by atoms with E-state index in [9.17, 15) is 8.42 Å². The average molecular weight is 330 g/mol. The minimum atomic E-state index is -3.25. The predicted octanol–water partition coefficient (Wildman–Crippen LogP) is 2.65. The molecule has 3 rings (SSSR count). The zero-order valence-electron chi connectivity index (χ0n) is 13.4. The van der Waals surface area contributed by atoms with Crippen molar-refractivity contribution in [2.45, 2.75) is 12.7 Å². The van der Waals surface area contributed by atoms with E-state index in [1.54, 1.807) is 4.31 Å². The summed E-state index contributed by atoms with van der Waals surface area (Å²) in [6.07, 6.45) is 0. The van der Waals surface area contributed by atoms with Crippen molar-refractivity contribution in [3.63, 3.8) is 0 Å². The number of aryl methyl sites for hydroxylation is 1. The quantitative estimate of drug-likeness (QED) is 0.865. The Kier molecular flexibility index (Phi) is 4.68. The first-order valence-electron chi connectivity index (χ1n) is 7.88. The molecule has 1 fully saturated rings. The van der Waals surface area contributed by atoms with Crippen molar-refractivity contribution in [2.24, 2.45) is 0 Å². The molecule has 122 valence electrons. The van der Waals surface area contributed by atoms with Crippen molar-refractivity contribution in [2.75, 3.05) is 31.1 Å². The number of para-hydroxylation sites is 1. The maximum atomic E-state index is 12.6. The van der Waals surface area contributed by atoms with Crippen LogP contribution in [0.5, 0.6) is 0 Å². The number of sulfonamides is 1. The van der Waals surface area contributed by atoms with Crippen molar-refractivity contribution < 1.29 is 8.42 Å². The summed E-state index contributed by atoms with van der Waals surface area (Å²) in [6, 6.07) is 17.9. The molecule has 2 aromatic rings. The van der Waals surface area contributed by atoms with Crippen LogP contribution in [0.2, 0.25) is 0 Å². The van der Waals surface area contributed by atoms with E-state index in [0.29, 0.717) is 13.1 Å². The SMILES string of the molecule is Cc1cccc(CS(=O)(=O)N2CCN(c3ccccc3)CC2)c1. The third-order valence-electron chi connectivity index (χ3n) is 4.18. The molecule has 5 heteroatoms. The maximum Gasteiger partial charge on any atom is 0.218 e. The van der Waals surface area contributed by atoms with Gasteiger partial charge in [0.05, 0.1) is 5.75 Å². The first-order chi connectivity index (χ1) is 11.0. The fourth-order valence-electron chi connectivity index (χ4n) is 2.97. The maximum absolute atomic E-state index is 12.6. The lowest BCUT2D eigenvalue weighted by molar-refractivity contribution is 0.384. The average Bonchev–Trinajstić information content (AvgIpc) is 2.55. The lowest BCUT2D eigenvalue weighted by Crippen LogP contribution is -2.49. The van der Waals surface area contributed by atoms with Gasteiger partial charge in [0.15, 0.2) is 0 Å². The van der Waals surface area contributed by atoms with Gasteiger partial charge in [0.2, 0.25) is 10.0 Å². The summed E-state index contributed by atoms with van der Waals surface area (Å²) in [6.45, 7) is 4.54. The Morgan fingerprint density at radius 1 is 0.913 bits per heavy atom. The van der Waals surface area contributed by atoms with Gasteiger partial charge in [-0.25, -0.2) is 8.42 Å². The zero-order valence-corrected chi connectivity index (χ0v) is 14.2. The minimum Gasteiger partial charge on any atom is -0.369 e. The van der Waals surface area contributed by atoms with E-state index in [4.69, 9.17) is 0 Å². The van der Waals surface area contributed by atoms with Gasteiger partial charge in [0.25, 0.3) is 0 Å². The summed E-state index contributed by atoms with van der Waals surface area (Å²) in [5.41, 5.74) is 3.10. The van der Waals surface area contributed by atoms with Crippen LogP contribution in [0.1, 0.15) is 11.1 Å². The summed E-state index contributed by atoms with van der Waals surface area (Å²) in [4.78, 5) is 2.23. The highest BCUT2D eigenvalue weighted by Crippen LogP contribution is 2.19. The fraction of sp³-hybridized carbons (Fsp3) is 0.333. The minimum absolute atomic E-state index is 0.0834. The second-order valence-corrected chi connectivity index (χ2v) is 7.94. The molecule has 0 saturated carbocycles. The second-order valence-electron chi connectivity index (χ2n) is 5.97. The molecule has 1 saturated heterocycles. The van der Waals surface area contributed by atoms with Gasteiger partial charge in [-0.05, 0) is 24.6 Å². The molecule has 0 radical (unpaired) electrons. The first kappa shape index (κ1) is 16.0. The van der Waals surface area contributed by atoms with Gasteiger partial charge in [-0.3, -0.25) is 0 Å². The molecule has 1 heterocycles. The Morgan fingerprint density at radius 2 is 1.61 bits per heavy atom. The Morgan fingerprint density at radius 3 is 2.26 bits per heavy atom. The van der Waals surface area contributed by atoms with Gasteiger partial charge < -0.3 is 4.90 Å². The van der Waals surface area contributed by atoms with E-state index in [1.165, 1.54) is 0 Å². The molecule has 0 amide bonds. The van der Waals surface area contributed by atoms with E-state index < -0.39 is 10.0 Å². The van der Waals surface area contributed by atoms with Gasteiger partial charge in [-0.2, -0.15) is 4.31 Å². The number of nitrogens with zero attached hydrogens (tertiary/aromatic N) is 2. The van der Waals surface area contributed by atoms with Crippen LogP contribution >= 0.6 is 0 Å². The molecular weight excluding hydrogens is 308 g/mol. The number of benzene rings is 2. The van der Waals surface area contributed by atoms with Gasteiger partial charge in [-0.15, -0.1) is 0 Å². The largest absolute Gasteiger partial charge is 0.369 e. The molecule has 0 aliphatic carbocycles. The topological polar surface area (TPSA) is 40.6 Å². The number of hydrogen-bond donors (Lipinski definition) is 0. The molecule has 0 unspecified atom stereocenters. The molecule has 0 N–H and O–H groups in total. The van der Waals surface area contributed by atoms with Gasteiger partial charge in [0, 0.05) is 31.9 Å². The highest BCUT2D eigenvalue weighted by atomic mass is 32.2. The standard InChI is InChI=1S/C18H22N2O2S/c1-16-6-5-7-17(14-16)15-23(21,22)20-12-10-19(11-13-20)18-8-3-2-4-9-18/h2-9,14H,10-13,15H2,1H3. The predicted molar refractivity (Wildman–Crippen MR) is 94.0 cm³/mol. The molecule has 2 aromatic carbocycles. The van der Waals surface area contributed by atoms with Crippen LogP contribution in [0.25, 0.3) is 0 Å². The van der Waals surface area contributed by atoms with Crippen LogP contribution in [0.15, 0.2) is 54.6 Å². The molecule has 1 aliphatic rings. The van der Waals surface area contributed by atoms with Gasteiger partial charge in [0.1, 0.15) is 0 Å². The first-order valence-corrected chi connectivity index (χ1v) is 9.49. The van der Waals surface area contributed by atoms with Crippen LogP contribution in [0.4, 0.5) is 5.69 Å². The van der Waals surface area contributed by atoms with Gasteiger partial charge >= 0.3 is 0 Å². The van der Waals surface area contributed by atoms with E-state index in [0.717, 1.165) is 29.9 Å². The molecular formula is C18H22N2O2S. The lowest BCUT2D eigenvalue weighted by atomic mass is 10.2. The van der Waals surface area contributed by atoms with Crippen molar-refractivity contribution in [1.82, 2.24) is 4.31 Å². The molecule has 0 spiro atoms. The van der Waals surface area contributed by atoms with E-state index in [2.05, 4.69) is 17.0 Å². The second kappa shape index (κ2) is 6.72. The van der Waals surface area contributed by atoms with Crippen molar-refractivity contribution >= 4 is 15.7 Å². The van der Waals surface area contributed by atoms with E-state index in [-0.39, 0.29) is 5.75 Å². The molecule has 0 bridgehead atoms. The van der Waals surface area contributed by atoms with E-state index >= 15 is 0 Å². The fourth-order valence-corrected chi connectivity index (χ4v) is 4.47. The van der Waals surface area contributed by atoms with Crippen LogP contribution in [0.3, 0.4) is 0 Å². The van der Waals surface area contributed by atoms with Crippen molar-refractivity contribution in [3.8, 4) is 0 Å². The molecule has 1 aliphatic heterocycles. The molecule has 4 nitrogen and oxygen atoms in total.